The Morgan fingerprint density at radius 1 is 0.789 bits per heavy atom. The first kappa shape index (κ1) is 21.8. The van der Waals surface area contributed by atoms with Gasteiger partial charge in [-0.05, 0) is 56.7 Å². The number of nitrogens with zero attached hydrogens (tertiary/aromatic N) is 1. The minimum Gasteiger partial charge on any atom is -0.346 e. The quantitative estimate of drug-likeness (QED) is 0.698. The summed E-state index contributed by atoms with van der Waals surface area (Å²) in [6, 6.07) is 0. The maximum absolute atomic E-state index is 3.54. The molecule has 1 saturated carbocycles. The molecule has 19 heavy (non-hydrogen) atoms. The van der Waals surface area contributed by atoms with Crippen molar-refractivity contribution in [2.75, 3.05) is 20.6 Å². The van der Waals surface area contributed by atoms with Gasteiger partial charge in [-0.15, -0.1) is 0 Å². The molecule has 0 amide bonds. The third-order valence-corrected chi connectivity index (χ3v) is 3.65. The Balaban J connectivity index is 0. The maximum Gasteiger partial charge on any atom is 3.00 e. The molecule has 0 atom stereocenters. The number of hydrogen-bond donors (Lipinski definition) is 0. The molecule has 1 nitrogen and oxygen atoms in total. The molecule has 0 N–H and O–H groups in total. The van der Waals surface area contributed by atoms with Gasteiger partial charge in [0.05, 0.1) is 0 Å². The molecule has 1 aliphatic rings. The van der Waals surface area contributed by atoms with Crippen LogP contribution in [0, 0.1) is 43.4 Å². The Morgan fingerprint density at radius 2 is 1.16 bits per heavy atom. The van der Waals surface area contributed by atoms with Crippen LogP contribution in [0.2, 0.25) is 0 Å². The number of rotatable bonds is 4. The van der Waals surface area contributed by atoms with Gasteiger partial charge < -0.3 is 18.7 Å². The van der Waals surface area contributed by atoms with Crippen LogP contribution in [0.15, 0.2) is 0 Å². The second-order valence-electron chi connectivity index (χ2n) is 5.24. The van der Waals surface area contributed by atoms with Crippen molar-refractivity contribution in [3.05, 3.63) is 43.4 Å². The van der Waals surface area contributed by atoms with Crippen LogP contribution in [0.1, 0.15) is 47.0 Å². The van der Waals surface area contributed by atoms with E-state index in [1.807, 2.05) is 0 Å². The third-order valence-electron chi connectivity index (χ3n) is 3.65. The van der Waals surface area contributed by atoms with Gasteiger partial charge in [-0.1, -0.05) is 27.7 Å². The number of unbranched alkanes of at least 4 members (excludes halogenated alkanes) is 1. The molecule has 0 bridgehead atoms. The van der Waals surface area contributed by atoms with Gasteiger partial charge >= 0.3 is 17.4 Å². The van der Waals surface area contributed by atoms with Crippen LogP contribution in [0.5, 0.6) is 0 Å². The second-order valence-corrected chi connectivity index (χ2v) is 5.24. The summed E-state index contributed by atoms with van der Waals surface area (Å²) < 4.78 is 0. The van der Waals surface area contributed by atoms with Crippen molar-refractivity contribution in [3.8, 4) is 0 Å². The van der Waals surface area contributed by atoms with Crippen LogP contribution in [-0.2, 0) is 17.4 Å². The third kappa shape index (κ3) is 7.17. The second kappa shape index (κ2) is 11.2. The molecule has 0 aromatic carbocycles. The molecule has 0 aromatic rings. The molecule has 1 rings (SSSR count). The van der Waals surface area contributed by atoms with Crippen LogP contribution in [0.25, 0.3) is 0 Å². The molecule has 0 aromatic heterocycles. The summed E-state index contributed by atoms with van der Waals surface area (Å²) in [5.41, 5.74) is 0. The summed E-state index contributed by atoms with van der Waals surface area (Å²) in [5, 5.41) is 0. The average Bonchev–Trinajstić information content (AvgIpc) is 2.52. The minimum atomic E-state index is 0. The maximum atomic E-state index is 3.54. The van der Waals surface area contributed by atoms with Crippen LogP contribution in [0.3, 0.4) is 0 Å². The molecule has 2 heteroatoms. The topological polar surface area (TPSA) is 3.24 Å². The molecule has 0 unspecified atom stereocenters. The zero-order chi connectivity index (χ0) is 14.3. The Bertz CT molecular complexity index is 189. The van der Waals surface area contributed by atoms with Crippen LogP contribution in [0.4, 0.5) is 0 Å². The number of hydrogen-bond acceptors (Lipinski definition) is 1. The van der Waals surface area contributed by atoms with Gasteiger partial charge in [-0.2, -0.15) is 0 Å². The minimum absolute atomic E-state index is 0. The predicted octanol–water partition coefficient (Wildman–Crippen LogP) is 4.34. The largest absolute Gasteiger partial charge is 3.00 e. The van der Waals surface area contributed by atoms with Gasteiger partial charge in [0.25, 0.3) is 0 Å². The van der Waals surface area contributed by atoms with Crippen molar-refractivity contribution in [1.29, 1.82) is 0 Å². The van der Waals surface area contributed by atoms with Crippen LogP contribution < -0.4 is 0 Å². The van der Waals surface area contributed by atoms with Crippen LogP contribution >= 0.6 is 0 Å². The molecular formula is C17H30CrN+. The zero-order valence-corrected chi connectivity index (χ0v) is 14.9. The van der Waals surface area contributed by atoms with Crippen molar-refractivity contribution in [2.24, 2.45) is 0 Å². The van der Waals surface area contributed by atoms with E-state index in [1.54, 1.807) is 5.92 Å². The summed E-state index contributed by atoms with van der Waals surface area (Å²) in [7, 11) is 4.26. The van der Waals surface area contributed by atoms with Gasteiger partial charge in [0, 0.05) is 0 Å². The first-order chi connectivity index (χ1) is 8.36. The van der Waals surface area contributed by atoms with Gasteiger partial charge in [-0.25, -0.2) is 12.8 Å². The van der Waals surface area contributed by atoms with Crippen molar-refractivity contribution in [1.82, 2.24) is 4.90 Å². The molecule has 1 aliphatic carbocycles. The molecule has 108 valence electrons. The fourth-order valence-corrected chi connectivity index (χ4v) is 2.01. The molecule has 1 fully saturated rings. The molecule has 0 heterocycles. The summed E-state index contributed by atoms with van der Waals surface area (Å²) in [6.45, 7) is 17.2. The van der Waals surface area contributed by atoms with E-state index in [2.05, 4.69) is 60.5 Å². The monoisotopic (exact) mass is 300 g/mol. The fraction of sp³-hybridized carbons (Fsp3) is 0.588. The Morgan fingerprint density at radius 3 is 1.42 bits per heavy atom. The summed E-state index contributed by atoms with van der Waals surface area (Å²) >= 11 is 0. The zero-order valence-electron chi connectivity index (χ0n) is 13.6. The smallest absolute Gasteiger partial charge is 0.346 e. The summed E-state index contributed by atoms with van der Waals surface area (Å²) in [5.74, 6) is 7.53. The van der Waals surface area contributed by atoms with E-state index in [0.29, 0.717) is 0 Å². The molecule has 0 spiro atoms. The molecular weight excluding hydrogens is 270 g/mol. The standard InChI is InChI=1S/C13H22N.C4H8.Cr/c1-9-10(2)12(4)13(11(9)3)7-8-14(5)6;1-3-4-2;/h7-8H2,1-6H3;1-4H2;/q;-2;+3. The van der Waals surface area contributed by atoms with E-state index in [9.17, 15) is 0 Å². The Kier molecular flexibility index (Phi) is 12.8. The Labute approximate surface area is 133 Å². The van der Waals surface area contributed by atoms with Crippen molar-refractivity contribution in [2.45, 2.75) is 47.0 Å². The van der Waals surface area contributed by atoms with Gasteiger partial charge in [0.1, 0.15) is 0 Å². The fourth-order valence-electron chi connectivity index (χ4n) is 2.01. The first-order valence-electron chi connectivity index (χ1n) is 6.81. The van der Waals surface area contributed by atoms with Gasteiger partial charge in [-0.3, -0.25) is 0 Å². The molecule has 0 aliphatic heterocycles. The van der Waals surface area contributed by atoms with Crippen molar-refractivity contribution >= 4 is 0 Å². The van der Waals surface area contributed by atoms with E-state index in [0.717, 1.165) is 19.4 Å². The van der Waals surface area contributed by atoms with E-state index in [4.69, 9.17) is 0 Å². The summed E-state index contributed by atoms with van der Waals surface area (Å²) in [6.07, 6.45) is 3.10. The van der Waals surface area contributed by atoms with Gasteiger partial charge in [0.2, 0.25) is 0 Å². The van der Waals surface area contributed by atoms with E-state index in [1.165, 1.54) is 30.1 Å². The predicted molar refractivity (Wildman–Crippen MR) is 82.0 cm³/mol. The van der Waals surface area contributed by atoms with E-state index < -0.39 is 0 Å². The van der Waals surface area contributed by atoms with Crippen molar-refractivity contribution in [3.63, 3.8) is 0 Å². The molecule has 0 saturated heterocycles. The first-order valence-corrected chi connectivity index (χ1v) is 6.81. The SMILES string of the molecule is C[C]1[C](C)[C](C)[C](CCN(C)C)[C]1C.[CH2-]CC[CH2-].[Cr+3]. The summed E-state index contributed by atoms with van der Waals surface area (Å²) in [4.78, 5) is 2.25. The normalized spacial score (nSPS) is 19.4. The van der Waals surface area contributed by atoms with E-state index >= 15 is 0 Å². The average molecular weight is 300 g/mol. The van der Waals surface area contributed by atoms with Gasteiger partial charge in [0.15, 0.2) is 0 Å². The van der Waals surface area contributed by atoms with E-state index in [-0.39, 0.29) is 17.4 Å². The van der Waals surface area contributed by atoms with Crippen molar-refractivity contribution < 1.29 is 17.4 Å². The molecule has 6 radical (unpaired) electrons. The Hall–Kier alpha value is 0.492. The van der Waals surface area contributed by atoms with Crippen LogP contribution in [-0.4, -0.2) is 25.5 Å².